The Kier molecular flexibility index (Phi) is 4.63. The number of phenols is 1. The molecule has 0 heterocycles. The van der Waals surface area contributed by atoms with Crippen LogP contribution in [0.1, 0.15) is 6.92 Å². The molecule has 104 valence electrons. The average molecular weight is 291 g/mol. The lowest BCUT2D eigenvalue weighted by Crippen LogP contribution is -2.22. The van der Waals surface area contributed by atoms with Gasteiger partial charge in [0.05, 0.1) is 10.9 Å². The highest BCUT2D eigenvalue weighted by atomic mass is 32.2. The number of hydrogen-bond acceptors (Lipinski definition) is 3. The molecule has 20 heavy (non-hydrogen) atoms. The van der Waals surface area contributed by atoms with Crippen molar-refractivity contribution >= 4 is 23.4 Å². The standard InChI is InChI=1S/C15H14FNO2S/c1-10(20-12-8-6-11(18)7-9-12)15(19)17-14-5-3-2-4-13(14)16/h2-10,18H,1H3,(H,17,19). The number of aromatic hydroxyl groups is 1. The molecular weight excluding hydrogens is 277 g/mol. The molecule has 0 aliphatic rings. The summed E-state index contributed by atoms with van der Waals surface area (Å²) < 4.78 is 13.4. The monoisotopic (exact) mass is 291 g/mol. The number of carbonyl (C=O) groups excluding carboxylic acids is 1. The van der Waals surface area contributed by atoms with Gasteiger partial charge in [0.15, 0.2) is 0 Å². The lowest BCUT2D eigenvalue weighted by molar-refractivity contribution is -0.115. The van der Waals surface area contributed by atoms with Crippen LogP contribution in [0.2, 0.25) is 0 Å². The number of hydrogen-bond donors (Lipinski definition) is 2. The van der Waals surface area contributed by atoms with Crippen LogP contribution in [-0.2, 0) is 4.79 Å². The van der Waals surface area contributed by atoms with Crippen LogP contribution in [0.4, 0.5) is 10.1 Å². The van der Waals surface area contributed by atoms with Crippen molar-refractivity contribution in [1.82, 2.24) is 0 Å². The number of nitrogens with one attached hydrogen (secondary N) is 1. The molecule has 1 unspecified atom stereocenters. The summed E-state index contributed by atoms with van der Waals surface area (Å²) >= 11 is 1.34. The Morgan fingerprint density at radius 3 is 2.50 bits per heavy atom. The van der Waals surface area contributed by atoms with Gasteiger partial charge in [-0.1, -0.05) is 12.1 Å². The lowest BCUT2D eigenvalue weighted by Gasteiger charge is -2.12. The zero-order chi connectivity index (χ0) is 14.5. The first-order valence-corrected chi connectivity index (χ1v) is 6.95. The van der Waals surface area contributed by atoms with E-state index in [4.69, 9.17) is 0 Å². The molecular formula is C15H14FNO2S. The van der Waals surface area contributed by atoms with E-state index in [1.165, 1.54) is 23.9 Å². The van der Waals surface area contributed by atoms with Crippen LogP contribution in [0.15, 0.2) is 53.4 Å². The van der Waals surface area contributed by atoms with Gasteiger partial charge in [-0.3, -0.25) is 4.79 Å². The number of rotatable bonds is 4. The second-order valence-corrected chi connectivity index (χ2v) is 5.64. The Balaban J connectivity index is 1.99. The Morgan fingerprint density at radius 1 is 1.20 bits per heavy atom. The van der Waals surface area contributed by atoms with E-state index in [1.54, 1.807) is 43.3 Å². The first-order chi connectivity index (χ1) is 9.56. The van der Waals surface area contributed by atoms with E-state index in [1.807, 2.05) is 0 Å². The predicted octanol–water partition coefficient (Wildman–Crippen LogP) is 3.65. The molecule has 1 atom stereocenters. The first-order valence-electron chi connectivity index (χ1n) is 6.07. The molecule has 0 aliphatic carbocycles. The number of halogens is 1. The van der Waals surface area contributed by atoms with Gasteiger partial charge in [-0.2, -0.15) is 0 Å². The van der Waals surface area contributed by atoms with E-state index in [0.29, 0.717) is 0 Å². The van der Waals surface area contributed by atoms with E-state index in [2.05, 4.69) is 5.32 Å². The Hall–Kier alpha value is -2.01. The van der Waals surface area contributed by atoms with E-state index < -0.39 is 5.82 Å². The average Bonchev–Trinajstić information content (AvgIpc) is 2.44. The third-order valence-corrected chi connectivity index (χ3v) is 3.76. The Labute approximate surface area is 120 Å². The fourth-order valence-electron chi connectivity index (χ4n) is 1.58. The summed E-state index contributed by atoms with van der Waals surface area (Å²) in [7, 11) is 0. The van der Waals surface area contributed by atoms with Crippen molar-refractivity contribution < 1.29 is 14.3 Å². The van der Waals surface area contributed by atoms with Crippen LogP contribution in [0.3, 0.4) is 0 Å². The Morgan fingerprint density at radius 2 is 1.85 bits per heavy atom. The molecule has 0 saturated heterocycles. The molecule has 2 aromatic carbocycles. The van der Waals surface area contributed by atoms with E-state index in [-0.39, 0.29) is 22.6 Å². The predicted molar refractivity (Wildman–Crippen MR) is 78.5 cm³/mol. The second-order valence-electron chi connectivity index (χ2n) is 4.22. The van der Waals surface area contributed by atoms with Gasteiger partial charge in [0, 0.05) is 4.90 Å². The number of benzene rings is 2. The van der Waals surface area contributed by atoms with Crippen LogP contribution >= 0.6 is 11.8 Å². The summed E-state index contributed by atoms with van der Waals surface area (Å²) in [6, 6.07) is 12.6. The van der Waals surface area contributed by atoms with Crippen LogP contribution in [0.5, 0.6) is 5.75 Å². The molecule has 2 rings (SSSR count). The molecule has 3 nitrogen and oxygen atoms in total. The van der Waals surface area contributed by atoms with Gasteiger partial charge in [0.1, 0.15) is 11.6 Å². The van der Waals surface area contributed by atoms with Gasteiger partial charge in [0.2, 0.25) is 5.91 Å². The van der Waals surface area contributed by atoms with Gasteiger partial charge in [-0.25, -0.2) is 4.39 Å². The summed E-state index contributed by atoms with van der Waals surface area (Å²) in [5.41, 5.74) is 0.177. The minimum absolute atomic E-state index is 0.177. The maximum atomic E-state index is 13.4. The van der Waals surface area contributed by atoms with Crippen molar-refractivity contribution in [2.75, 3.05) is 5.32 Å². The third-order valence-electron chi connectivity index (χ3n) is 2.65. The SMILES string of the molecule is CC(Sc1ccc(O)cc1)C(=O)Nc1ccccc1F. The lowest BCUT2D eigenvalue weighted by atomic mass is 10.3. The van der Waals surface area contributed by atoms with Crippen molar-refractivity contribution in [3.63, 3.8) is 0 Å². The molecule has 2 aromatic rings. The zero-order valence-corrected chi connectivity index (χ0v) is 11.7. The normalized spacial score (nSPS) is 11.9. The number of para-hydroxylation sites is 1. The van der Waals surface area contributed by atoms with Crippen LogP contribution < -0.4 is 5.32 Å². The fourth-order valence-corrected chi connectivity index (χ4v) is 2.45. The van der Waals surface area contributed by atoms with Gasteiger partial charge in [-0.15, -0.1) is 11.8 Å². The molecule has 0 fully saturated rings. The van der Waals surface area contributed by atoms with E-state index in [0.717, 1.165) is 4.90 Å². The van der Waals surface area contributed by atoms with E-state index in [9.17, 15) is 14.3 Å². The largest absolute Gasteiger partial charge is 0.508 e. The van der Waals surface area contributed by atoms with Crippen LogP contribution in [0, 0.1) is 5.82 Å². The molecule has 0 bridgehead atoms. The molecule has 1 amide bonds. The quantitative estimate of drug-likeness (QED) is 0.845. The van der Waals surface area contributed by atoms with Gasteiger partial charge >= 0.3 is 0 Å². The van der Waals surface area contributed by atoms with Crippen LogP contribution in [0.25, 0.3) is 0 Å². The maximum absolute atomic E-state index is 13.4. The highest BCUT2D eigenvalue weighted by Crippen LogP contribution is 2.26. The number of amides is 1. The van der Waals surface area contributed by atoms with Crippen molar-refractivity contribution in [3.8, 4) is 5.75 Å². The van der Waals surface area contributed by atoms with Gasteiger partial charge < -0.3 is 10.4 Å². The molecule has 0 radical (unpaired) electrons. The molecule has 5 heteroatoms. The molecule has 0 saturated carbocycles. The minimum atomic E-state index is -0.456. The number of carbonyl (C=O) groups is 1. The zero-order valence-electron chi connectivity index (χ0n) is 10.8. The minimum Gasteiger partial charge on any atom is -0.508 e. The summed E-state index contributed by atoms with van der Waals surface area (Å²) in [5, 5.41) is 11.4. The first kappa shape index (κ1) is 14.4. The number of phenolic OH excluding ortho intramolecular Hbond substituents is 1. The van der Waals surface area contributed by atoms with Gasteiger partial charge in [-0.05, 0) is 43.3 Å². The Bertz CT molecular complexity index is 601. The maximum Gasteiger partial charge on any atom is 0.237 e. The third kappa shape index (κ3) is 3.74. The smallest absolute Gasteiger partial charge is 0.237 e. The summed E-state index contributed by atoms with van der Waals surface area (Å²) in [6.45, 7) is 1.74. The molecule has 0 aromatic heterocycles. The molecule has 0 spiro atoms. The van der Waals surface area contributed by atoms with E-state index >= 15 is 0 Å². The second kappa shape index (κ2) is 6.43. The summed E-state index contributed by atoms with van der Waals surface area (Å²) in [4.78, 5) is 12.8. The number of anilines is 1. The highest BCUT2D eigenvalue weighted by Gasteiger charge is 2.15. The molecule has 0 aliphatic heterocycles. The van der Waals surface area contributed by atoms with Crippen molar-refractivity contribution in [2.45, 2.75) is 17.1 Å². The fraction of sp³-hybridized carbons (Fsp3) is 0.133. The topological polar surface area (TPSA) is 49.3 Å². The van der Waals surface area contributed by atoms with Crippen LogP contribution in [-0.4, -0.2) is 16.3 Å². The number of thioether (sulfide) groups is 1. The summed E-state index contributed by atoms with van der Waals surface area (Å²) in [5.74, 6) is -0.548. The molecule has 2 N–H and O–H groups in total. The highest BCUT2D eigenvalue weighted by molar-refractivity contribution is 8.00. The van der Waals surface area contributed by atoms with Crippen molar-refractivity contribution in [1.29, 1.82) is 0 Å². The van der Waals surface area contributed by atoms with Gasteiger partial charge in [0.25, 0.3) is 0 Å². The van der Waals surface area contributed by atoms with Crippen molar-refractivity contribution in [2.24, 2.45) is 0 Å². The summed E-state index contributed by atoms with van der Waals surface area (Å²) in [6.07, 6.45) is 0. The van der Waals surface area contributed by atoms with Crippen molar-refractivity contribution in [3.05, 3.63) is 54.3 Å².